The van der Waals surface area contributed by atoms with Gasteiger partial charge in [-0.3, -0.25) is 9.69 Å². The number of allylic oxidation sites excluding steroid dienone is 1. The Kier molecular flexibility index (Phi) is 5.03. The second-order valence-electron chi connectivity index (χ2n) is 8.57. The van der Waals surface area contributed by atoms with E-state index in [4.69, 9.17) is 4.74 Å². The fraction of sp³-hybridized carbons (Fsp3) is 0.667. The number of fused-ring (bicyclic) bond motifs is 1. The summed E-state index contributed by atoms with van der Waals surface area (Å²) in [5.41, 5.74) is 2.68. The van der Waals surface area contributed by atoms with Crippen LogP contribution in [0.15, 0.2) is 24.2 Å². The van der Waals surface area contributed by atoms with Gasteiger partial charge in [-0.25, -0.2) is 9.97 Å². The molecule has 1 aromatic heterocycles. The van der Waals surface area contributed by atoms with E-state index >= 15 is 0 Å². The highest BCUT2D eigenvalue weighted by atomic mass is 16.5. The number of carbonyl (C=O) groups is 1. The quantitative estimate of drug-likeness (QED) is 0.779. The standard InChI is InChI=1S/C21H30N4O2/c1-14(2)5-4-8-25-11-18-17(19-6-7-21(18,12-25)27-19)10-23-20(26)16-9-22-13-24-15(16)3/h5,9,13,17-19H,4,6-8,10-12H2,1-3H3,(H,23,26)/t17-,18+,19+,21+/m0/s1. The van der Waals surface area contributed by atoms with E-state index in [1.165, 1.54) is 11.9 Å². The number of nitrogens with zero attached hydrogens (tertiary/aromatic N) is 3. The van der Waals surface area contributed by atoms with Crippen LogP contribution < -0.4 is 5.32 Å². The molecule has 3 saturated heterocycles. The summed E-state index contributed by atoms with van der Waals surface area (Å²) in [6, 6.07) is 0. The molecule has 0 radical (unpaired) electrons. The third kappa shape index (κ3) is 3.52. The Morgan fingerprint density at radius 2 is 2.33 bits per heavy atom. The van der Waals surface area contributed by atoms with Crippen molar-refractivity contribution in [1.29, 1.82) is 0 Å². The van der Waals surface area contributed by atoms with Crippen molar-refractivity contribution in [2.75, 3.05) is 26.2 Å². The number of amides is 1. The Balaban J connectivity index is 1.38. The predicted molar refractivity (Wildman–Crippen MR) is 103 cm³/mol. The van der Waals surface area contributed by atoms with Gasteiger partial charge in [-0.15, -0.1) is 0 Å². The average molecular weight is 370 g/mol. The van der Waals surface area contributed by atoms with E-state index in [1.807, 2.05) is 6.92 Å². The molecule has 1 spiro atoms. The van der Waals surface area contributed by atoms with Crippen molar-refractivity contribution in [2.45, 2.75) is 51.7 Å². The summed E-state index contributed by atoms with van der Waals surface area (Å²) < 4.78 is 6.48. The molecule has 0 saturated carbocycles. The van der Waals surface area contributed by atoms with Gasteiger partial charge in [-0.05, 0) is 40.0 Å². The van der Waals surface area contributed by atoms with Gasteiger partial charge in [0.2, 0.25) is 0 Å². The number of aromatic nitrogens is 2. The molecule has 1 N–H and O–H groups in total. The summed E-state index contributed by atoms with van der Waals surface area (Å²) in [5, 5.41) is 3.12. The normalized spacial score (nSPS) is 31.7. The molecule has 3 aliphatic rings. The lowest BCUT2D eigenvalue weighted by molar-refractivity contribution is 0.00290. The van der Waals surface area contributed by atoms with Gasteiger partial charge >= 0.3 is 0 Å². The van der Waals surface area contributed by atoms with E-state index in [2.05, 4.69) is 40.1 Å². The van der Waals surface area contributed by atoms with Crippen LogP contribution in [-0.4, -0.2) is 58.7 Å². The van der Waals surface area contributed by atoms with Gasteiger partial charge in [-0.1, -0.05) is 11.6 Å². The zero-order valence-electron chi connectivity index (χ0n) is 16.6. The van der Waals surface area contributed by atoms with Crippen molar-refractivity contribution < 1.29 is 9.53 Å². The third-order valence-electron chi connectivity index (χ3n) is 6.51. The summed E-state index contributed by atoms with van der Waals surface area (Å²) in [7, 11) is 0. The summed E-state index contributed by atoms with van der Waals surface area (Å²) in [6.07, 6.45) is 9.06. The van der Waals surface area contributed by atoms with Crippen LogP contribution in [0.25, 0.3) is 0 Å². The first kappa shape index (κ1) is 18.6. The van der Waals surface area contributed by atoms with E-state index < -0.39 is 0 Å². The van der Waals surface area contributed by atoms with E-state index in [-0.39, 0.29) is 11.5 Å². The number of rotatable bonds is 6. The van der Waals surface area contributed by atoms with Crippen molar-refractivity contribution in [3.63, 3.8) is 0 Å². The molecule has 4 atom stereocenters. The fourth-order valence-electron chi connectivity index (χ4n) is 5.19. The summed E-state index contributed by atoms with van der Waals surface area (Å²) >= 11 is 0. The molecule has 6 nitrogen and oxygen atoms in total. The molecule has 2 bridgehead atoms. The molecular formula is C21H30N4O2. The zero-order chi connectivity index (χ0) is 19.0. The van der Waals surface area contributed by atoms with E-state index in [0.717, 1.165) is 44.6 Å². The van der Waals surface area contributed by atoms with Crippen LogP contribution in [0.5, 0.6) is 0 Å². The lowest BCUT2D eigenvalue weighted by Gasteiger charge is -2.29. The molecule has 1 amide bonds. The molecule has 6 heteroatoms. The van der Waals surface area contributed by atoms with Crippen LogP contribution in [0.1, 0.15) is 49.2 Å². The molecule has 4 rings (SSSR count). The fourth-order valence-corrected chi connectivity index (χ4v) is 5.19. The Labute approximate surface area is 161 Å². The van der Waals surface area contributed by atoms with Crippen LogP contribution in [0.3, 0.4) is 0 Å². The van der Waals surface area contributed by atoms with Gasteiger partial charge in [0.1, 0.15) is 6.33 Å². The molecule has 4 heterocycles. The van der Waals surface area contributed by atoms with E-state index in [0.29, 0.717) is 30.0 Å². The number of hydrogen-bond acceptors (Lipinski definition) is 5. The molecule has 0 unspecified atom stereocenters. The van der Waals surface area contributed by atoms with Crippen LogP contribution in [0.2, 0.25) is 0 Å². The van der Waals surface area contributed by atoms with Crippen LogP contribution in [0.4, 0.5) is 0 Å². The number of aryl methyl sites for hydroxylation is 1. The number of ether oxygens (including phenoxy) is 1. The SMILES string of the molecule is CC(C)=CCCN1C[C@@H]2[C@H](CNC(=O)c3cncnc3C)[C@H]3CC[C@]2(C1)O3. The molecule has 0 aromatic carbocycles. The largest absolute Gasteiger partial charge is 0.370 e. The molecule has 1 aromatic rings. The average Bonchev–Trinajstić information content (AvgIpc) is 3.28. The van der Waals surface area contributed by atoms with Crippen molar-refractivity contribution in [1.82, 2.24) is 20.2 Å². The highest BCUT2D eigenvalue weighted by Gasteiger charge is 2.62. The number of likely N-dealkylation sites (tertiary alicyclic amines) is 1. The van der Waals surface area contributed by atoms with Gasteiger partial charge in [0.25, 0.3) is 5.91 Å². The van der Waals surface area contributed by atoms with Crippen molar-refractivity contribution in [3.8, 4) is 0 Å². The predicted octanol–water partition coefficient (Wildman–Crippen LogP) is 2.35. The topological polar surface area (TPSA) is 67.4 Å². The summed E-state index contributed by atoms with van der Waals surface area (Å²) in [6.45, 7) is 10.0. The highest BCUT2D eigenvalue weighted by molar-refractivity contribution is 5.94. The maximum absolute atomic E-state index is 12.5. The summed E-state index contributed by atoms with van der Waals surface area (Å²) in [4.78, 5) is 23.2. The molecule has 27 heavy (non-hydrogen) atoms. The highest BCUT2D eigenvalue weighted by Crippen LogP contribution is 2.54. The summed E-state index contributed by atoms with van der Waals surface area (Å²) in [5.74, 6) is 0.848. The van der Waals surface area contributed by atoms with Crippen molar-refractivity contribution in [2.24, 2.45) is 11.8 Å². The van der Waals surface area contributed by atoms with Crippen molar-refractivity contribution >= 4 is 5.91 Å². The minimum atomic E-state index is -0.0802. The van der Waals surface area contributed by atoms with E-state index in [1.54, 1.807) is 6.20 Å². The first-order valence-corrected chi connectivity index (χ1v) is 10.1. The molecule has 0 aliphatic carbocycles. The van der Waals surface area contributed by atoms with Gasteiger partial charge in [0, 0.05) is 44.2 Å². The molecule has 3 aliphatic heterocycles. The van der Waals surface area contributed by atoms with Crippen molar-refractivity contribution in [3.05, 3.63) is 35.4 Å². The maximum atomic E-state index is 12.5. The van der Waals surface area contributed by atoms with Crippen LogP contribution in [0, 0.1) is 18.8 Å². The Bertz CT molecular complexity index is 745. The lowest BCUT2D eigenvalue weighted by Crippen LogP contribution is -2.42. The minimum Gasteiger partial charge on any atom is -0.370 e. The molecule has 3 fully saturated rings. The smallest absolute Gasteiger partial charge is 0.254 e. The van der Waals surface area contributed by atoms with E-state index in [9.17, 15) is 4.79 Å². The zero-order valence-corrected chi connectivity index (χ0v) is 16.6. The second-order valence-corrected chi connectivity index (χ2v) is 8.57. The molecular weight excluding hydrogens is 340 g/mol. The first-order valence-electron chi connectivity index (χ1n) is 10.1. The molecule has 146 valence electrons. The van der Waals surface area contributed by atoms with Crippen LogP contribution in [-0.2, 0) is 4.74 Å². The van der Waals surface area contributed by atoms with Crippen LogP contribution >= 0.6 is 0 Å². The number of carbonyl (C=O) groups excluding carboxylic acids is 1. The van der Waals surface area contributed by atoms with Gasteiger partial charge in [0.15, 0.2) is 0 Å². The van der Waals surface area contributed by atoms with Gasteiger partial charge < -0.3 is 10.1 Å². The maximum Gasteiger partial charge on any atom is 0.254 e. The Hall–Kier alpha value is -1.79. The van der Waals surface area contributed by atoms with Gasteiger partial charge in [0.05, 0.1) is 23.0 Å². The number of nitrogens with one attached hydrogen (secondary N) is 1. The second kappa shape index (κ2) is 7.32. The Morgan fingerprint density at radius 3 is 3.11 bits per heavy atom. The minimum absolute atomic E-state index is 0.0246. The third-order valence-corrected chi connectivity index (χ3v) is 6.51. The lowest BCUT2D eigenvalue weighted by atomic mass is 9.73. The van der Waals surface area contributed by atoms with Gasteiger partial charge in [-0.2, -0.15) is 0 Å². The first-order chi connectivity index (χ1) is 13.0. The monoisotopic (exact) mass is 370 g/mol. The number of hydrogen-bond donors (Lipinski definition) is 1. The Morgan fingerprint density at radius 1 is 1.48 bits per heavy atom.